The van der Waals surface area contributed by atoms with Crippen molar-refractivity contribution in [3.05, 3.63) is 108 Å². The van der Waals surface area contributed by atoms with Gasteiger partial charge >= 0.3 is 0 Å². The second kappa shape index (κ2) is 14.0. The lowest BCUT2D eigenvalue weighted by Gasteiger charge is -2.41. The van der Waals surface area contributed by atoms with E-state index in [-0.39, 0.29) is 5.41 Å². The zero-order chi connectivity index (χ0) is 23.3. The molecule has 180 valence electrons. The SMILES string of the molecule is c1ccc(COCC(COCc2ccccc2)(COCc2ccccc2)C2SCCCS2)cc1. The number of thioether (sulfide) groups is 2. The molecule has 0 radical (unpaired) electrons. The van der Waals surface area contributed by atoms with Crippen molar-refractivity contribution in [3.8, 4) is 0 Å². The second-order valence-electron chi connectivity index (χ2n) is 8.72. The van der Waals surface area contributed by atoms with Crippen LogP contribution in [0, 0.1) is 5.41 Å². The first-order valence-corrected chi connectivity index (χ1v) is 14.0. The minimum Gasteiger partial charge on any atom is -0.376 e. The first-order chi connectivity index (χ1) is 16.8. The molecule has 3 aromatic rings. The maximum atomic E-state index is 6.36. The van der Waals surface area contributed by atoms with Crippen LogP contribution in [0.5, 0.6) is 0 Å². The average molecular weight is 495 g/mol. The fourth-order valence-corrected chi connectivity index (χ4v) is 7.32. The number of hydrogen-bond donors (Lipinski definition) is 0. The molecule has 0 atom stereocenters. The van der Waals surface area contributed by atoms with Crippen LogP contribution in [-0.4, -0.2) is 35.9 Å². The van der Waals surface area contributed by atoms with Crippen molar-refractivity contribution in [3.63, 3.8) is 0 Å². The van der Waals surface area contributed by atoms with Gasteiger partial charge in [0.05, 0.1) is 49.6 Å². The van der Waals surface area contributed by atoms with Crippen molar-refractivity contribution in [1.29, 1.82) is 0 Å². The fraction of sp³-hybridized carbons (Fsp3) is 0.379. The molecule has 0 spiro atoms. The number of ether oxygens (including phenoxy) is 3. The van der Waals surface area contributed by atoms with Gasteiger partial charge in [-0.15, -0.1) is 23.5 Å². The Balaban J connectivity index is 1.46. The van der Waals surface area contributed by atoms with E-state index in [0.29, 0.717) is 44.2 Å². The van der Waals surface area contributed by atoms with E-state index in [1.807, 2.05) is 41.7 Å². The Morgan fingerprint density at radius 1 is 0.559 bits per heavy atom. The molecule has 3 aromatic carbocycles. The highest BCUT2D eigenvalue weighted by atomic mass is 32.2. The Morgan fingerprint density at radius 3 is 1.26 bits per heavy atom. The standard InChI is InChI=1S/C29H34O3S2/c1-4-11-25(12-5-1)19-30-22-29(28-33-17-10-18-34-28,23-31-20-26-13-6-2-7-14-26)24-32-21-27-15-8-3-9-16-27/h1-9,11-16,28H,10,17-24H2. The monoisotopic (exact) mass is 494 g/mol. The summed E-state index contributed by atoms with van der Waals surface area (Å²) in [6.07, 6.45) is 1.25. The van der Waals surface area contributed by atoms with Crippen molar-refractivity contribution in [2.75, 3.05) is 31.3 Å². The van der Waals surface area contributed by atoms with E-state index in [0.717, 1.165) is 0 Å². The van der Waals surface area contributed by atoms with Crippen molar-refractivity contribution in [2.45, 2.75) is 30.8 Å². The number of benzene rings is 3. The molecule has 5 heteroatoms. The van der Waals surface area contributed by atoms with Gasteiger partial charge in [0.25, 0.3) is 0 Å². The molecule has 0 N–H and O–H groups in total. The van der Waals surface area contributed by atoms with Crippen LogP contribution in [-0.2, 0) is 34.0 Å². The smallest absolute Gasteiger partial charge is 0.0717 e. The zero-order valence-corrected chi connectivity index (χ0v) is 21.3. The predicted molar refractivity (Wildman–Crippen MR) is 144 cm³/mol. The summed E-state index contributed by atoms with van der Waals surface area (Å²) in [7, 11) is 0. The molecular formula is C29H34O3S2. The Kier molecular flexibility index (Phi) is 10.4. The molecule has 1 aliphatic heterocycles. The third-order valence-electron chi connectivity index (χ3n) is 5.83. The summed E-state index contributed by atoms with van der Waals surface area (Å²) < 4.78 is 19.5. The zero-order valence-electron chi connectivity index (χ0n) is 19.6. The van der Waals surface area contributed by atoms with Crippen LogP contribution >= 0.6 is 23.5 Å². The van der Waals surface area contributed by atoms with Gasteiger partial charge in [0.1, 0.15) is 0 Å². The van der Waals surface area contributed by atoms with E-state index in [1.54, 1.807) is 0 Å². The largest absolute Gasteiger partial charge is 0.376 e. The molecule has 0 saturated carbocycles. The summed E-state index contributed by atoms with van der Waals surface area (Å²) in [6, 6.07) is 31.2. The van der Waals surface area contributed by atoms with E-state index in [1.165, 1.54) is 34.6 Å². The second-order valence-corrected chi connectivity index (χ2v) is 11.4. The van der Waals surface area contributed by atoms with Gasteiger partial charge in [-0.3, -0.25) is 0 Å². The van der Waals surface area contributed by atoms with Crippen LogP contribution in [0.4, 0.5) is 0 Å². The highest BCUT2D eigenvalue weighted by Crippen LogP contribution is 2.44. The van der Waals surface area contributed by atoms with Crippen molar-refractivity contribution in [2.24, 2.45) is 5.41 Å². The summed E-state index contributed by atoms with van der Waals surface area (Å²) in [5.74, 6) is 2.35. The normalized spacial score (nSPS) is 14.8. The summed E-state index contributed by atoms with van der Waals surface area (Å²) >= 11 is 4.06. The van der Waals surface area contributed by atoms with E-state index in [4.69, 9.17) is 14.2 Å². The topological polar surface area (TPSA) is 27.7 Å². The maximum absolute atomic E-state index is 6.36. The lowest BCUT2D eigenvalue weighted by molar-refractivity contribution is -0.0718. The highest BCUT2D eigenvalue weighted by molar-refractivity contribution is 8.17. The quantitative estimate of drug-likeness (QED) is 0.260. The maximum Gasteiger partial charge on any atom is 0.0717 e. The Bertz CT molecular complexity index is 820. The van der Waals surface area contributed by atoms with Gasteiger partial charge < -0.3 is 14.2 Å². The van der Waals surface area contributed by atoms with Gasteiger partial charge in [0, 0.05) is 0 Å². The lowest BCUT2D eigenvalue weighted by atomic mass is 9.93. The molecule has 0 unspecified atom stereocenters. The van der Waals surface area contributed by atoms with Crippen LogP contribution in [0.1, 0.15) is 23.1 Å². The molecule has 0 aromatic heterocycles. The molecule has 4 rings (SSSR count). The molecule has 1 fully saturated rings. The Morgan fingerprint density at radius 2 is 0.912 bits per heavy atom. The molecule has 1 saturated heterocycles. The summed E-state index contributed by atoms with van der Waals surface area (Å²) in [6.45, 7) is 3.62. The van der Waals surface area contributed by atoms with Crippen molar-refractivity contribution >= 4 is 23.5 Å². The first kappa shape index (κ1) is 25.3. The summed E-state index contributed by atoms with van der Waals surface area (Å²) in [4.78, 5) is 0. The molecule has 0 bridgehead atoms. The molecule has 1 aliphatic rings. The van der Waals surface area contributed by atoms with Crippen molar-refractivity contribution < 1.29 is 14.2 Å². The first-order valence-electron chi connectivity index (χ1n) is 11.9. The van der Waals surface area contributed by atoms with Crippen LogP contribution in [0.3, 0.4) is 0 Å². The van der Waals surface area contributed by atoms with Crippen LogP contribution in [0.25, 0.3) is 0 Å². The van der Waals surface area contributed by atoms with Gasteiger partial charge in [-0.25, -0.2) is 0 Å². The van der Waals surface area contributed by atoms with Crippen LogP contribution < -0.4 is 0 Å². The third-order valence-corrected chi connectivity index (χ3v) is 9.30. The van der Waals surface area contributed by atoms with Gasteiger partial charge in [0.15, 0.2) is 0 Å². The van der Waals surface area contributed by atoms with Gasteiger partial charge in [-0.2, -0.15) is 0 Å². The van der Waals surface area contributed by atoms with Crippen LogP contribution in [0.15, 0.2) is 91.0 Å². The minimum absolute atomic E-state index is 0.228. The molecule has 3 nitrogen and oxygen atoms in total. The van der Waals surface area contributed by atoms with Gasteiger partial charge in [-0.1, -0.05) is 91.0 Å². The molecule has 0 aliphatic carbocycles. The van der Waals surface area contributed by atoms with E-state index >= 15 is 0 Å². The van der Waals surface area contributed by atoms with Crippen LogP contribution in [0.2, 0.25) is 0 Å². The molecule has 34 heavy (non-hydrogen) atoms. The Labute approximate surface area is 212 Å². The van der Waals surface area contributed by atoms with E-state index < -0.39 is 0 Å². The summed E-state index contributed by atoms with van der Waals surface area (Å²) in [5.41, 5.74) is 3.34. The summed E-state index contributed by atoms with van der Waals surface area (Å²) in [5, 5.41) is 0. The minimum atomic E-state index is -0.228. The average Bonchev–Trinajstić information content (AvgIpc) is 2.91. The Hall–Kier alpha value is -1.76. The van der Waals surface area contributed by atoms with E-state index in [9.17, 15) is 0 Å². The molecular weight excluding hydrogens is 460 g/mol. The fourth-order valence-electron chi connectivity index (χ4n) is 4.01. The van der Waals surface area contributed by atoms with Gasteiger partial charge in [0.2, 0.25) is 0 Å². The highest BCUT2D eigenvalue weighted by Gasteiger charge is 2.42. The van der Waals surface area contributed by atoms with Gasteiger partial charge in [-0.05, 0) is 34.6 Å². The third kappa shape index (κ3) is 7.89. The van der Waals surface area contributed by atoms with E-state index in [2.05, 4.69) is 72.8 Å². The number of rotatable bonds is 13. The number of hydrogen-bond acceptors (Lipinski definition) is 5. The molecule has 0 amide bonds. The molecule has 1 heterocycles. The lowest BCUT2D eigenvalue weighted by Crippen LogP contribution is -2.45. The van der Waals surface area contributed by atoms with Crippen molar-refractivity contribution in [1.82, 2.24) is 0 Å². The predicted octanol–water partition coefficient (Wildman–Crippen LogP) is 6.82.